The molecule has 0 fully saturated rings. The highest BCUT2D eigenvalue weighted by atomic mass is 16.5. The molecular formula is C18H25O3. The summed E-state index contributed by atoms with van der Waals surface area (Å²) in [5, 5.41) is 0. The van der Waals surface area contributed by atoms with Gasteiger partial charge in [0.05, 0.1) is 0 Å². The highest BCUT2D eigenvalue weighted by Gasteiger charge is 2.19. The Balaban J connectivity index is 2.21. The van der Waals surface area contributed by atoms with Crippen LogP contribution in [0, 0.1) is 5.92 Å². The van der Waals surface area contributed by atoms with E-state index in [1.54, 1.807) is 0 Å². The lowest BCUT2D eigenvalue weighted by Gasteiger charge is -2.10. The number of carbonyl (C=O) groups is 1. The van der Waals surface area contributed by atoms with Crippen LogP contribution in [0.3, 0.4) is 0 Å². The lowest BCUT2D eigenvalue weighted by atomic mass is 10.0. The van der Waals surface area contributed by atoms with Gasteiger partial charge in [0.2, 0.25) is 6.29 Å². The number of hydrogen-bond donors (Lipinski definition) is 0. The van der Waals surface area contributed by atoms with Crippen molar-refractivity contribution in [2.24, 2.45) is 5.92 Å². The van der Waals surface area contributed by atoms with E-state index in [-0.39, 0.29) is 6.61 Å². The van der Waals surface area contributed by atoms with Crippen molar-refractivity contribution >= 4 is 12.3 Å². The standard InChI is InChI=1S/C18H25O3/c1-2-3-4-5-6-10-13-17(14-19)18(20)21-15-16-11-8-7-9-12-16/h7-9,11-12,17H,2-6,10,13,15H2,1H3. The molecule has 0 aromatic heterocycles. The van der Waals surface area contributed by atoms with Gasteiger partial charge < -0.3 is 4.74 Å². The number of benzene rings is 1. The SMILES string of the molecule is CCCCCCCCC([C]=O)C(=O)OCc1ccccc1. The lowest BCUT2D eigenvalue weighted by Crippen LogP contribution is -2.19. The van der Waals surface area contributed by atoms with E-state index in [0.29, 0.717) is 6.42 Å². The topological polar surface area (TPSA) is 43.4 Å². The zero-order valence-corrected chi connectivity index (χ0v) is 12.8. The molecule has 1 unspecified atom stereocenters. The van der Waals surface area contributed by atoms with E-state index < -0.39 is 11.9 Å². The molecule has 3 nitrogen and oxygen atoms in total. The first-order valence-corrected chi connectivity index (χ1v) is 7.86. The van der Waals surface area contributed by atoms with E-state index in [1.807, 2.05) is 36.6 Å². The summed E-state index contributed by atoms with van der Waals surface area (Å²) in [6.07, 6.45) is 9.16. The second-order valence-electron chi connectivity index (χ2n) is 5.32. The third-order valence-corrected chi connectivity index (χ3v) is 3.50. The molecule has 21 heavy (non-hydrogen) atoms. The first-order valence-electron chi connectivity index (χ1n) is 7.86. The van der Waals surface area contributed by atoms with Crippen molar-refractivity contribution in [3.05, 3.63) is 35.9 Å². The third kappa shape index (κ3) is 7.64. The van der Waals surface area contributed by atoms with E-state index in [1.165, 1.54) is 25.7 Å². The molecule has 1 atom stereocenters. The Bertz CT molecular complexity index is 400. The maximum absolute atomic E-state index is 11.8. The van der Waals surface area contributed by atoms with Crippen LogP contribution < -0.4 is 0 Å². The third-order valence-electron chi connectivity index (χ3n) is 3.50. The summed E-state index contributed by atoms with van der Waals surface area (Å²) in [6.45, 7) is 2.40. The first kappa shape index (κ1) is 17.4. The number of esters is 1. The molecule has 0 saturated carbocycles. The van der Waals surface area contributed by atoms with Gasteiger partial charge in [0.15, 0.2) is 0 Å². The molecule has 0 aliphatic heterocycles. The van der Waals surface area contributed by atoms with Crippen LogP contribution >= 0.6 is 0 Å². The van der Waals surface area contributed by atoms with Crippen molar-refractivity contribution in [1.82, 2.24) is 0 Å². The van der Waals surface area contributed by atoms with Gasteiger partial charge in [0.25, 0.3) is 0 Å². The smallest absolute Gasteiger partial charge is 0.317 e. The summed E-state index contributed by atoms with van der Waals surface area (Å²) in [5.74, 6) is -1.19. The van der Waals surface area contributed by atoms with Gasteiger partial charge in [-0.05, 0) is 12.0 Å². The van der Waals surface area contributed by atoms with Crippen molar-refractivity contribution in [2.75, 3.05) is 0 Å². The largest absolute Gasteiger partial charge is 0.460 e. The van der Waals surface area contributed by atoms with Crippen LogP contribution in [0.2, 0.25) is 0 Å². The van der Waals surface area contributed by atoms with Crippen molar-refractivity contribution in [3.63, 3.8) is 0 Å². The van der Waals surface area contributed by atoms with E-state index in [9.17, 15) is 9.59 Å². The van der Waals surface area contributed by atoms with E-state index >= 15 is 0 Å². The average Bonchev–Trinajstić information content (AvgIpc) is 2.53. The van der Waals surface area contributed by atoms with Crippen molar-refractivity contribution < 1.29 is 14.3 Å². The van der Waals surface area contributed by atoms with Crippen LogP contribution in [-0.4, -0.2) is 12.3 Å². The van der Waals surface area contributed by atoms with Gasteiger partial charge in [-0.25, -0.2) is 0 Å². The van der Waals surface area contributed by atoms with Gasteiger partial charge in [0, 0.05) is 0 Å². The molecule has 0 bridgehead atoms. The summed E-state index contributed by atoms with van der Waals surface area (Å²) in [4.78, 5) is 22.7. The zero-order chi connectivity index (χ0) is 15.3. The van der Waals surface area contributed by atoms with Gasteiger partial charge in [-0.15, -0.1) is 0 Å². The Kier molecular flexibility index (Phi) is 9.18. The van der Waals surface area contributed by atoms with Crippen LogP contribution in [0.5, 0.6) is 0 Å². The van der Waals surface area contributed by atoms with Crippen LogP contribution in [-0.2, 0) is 20.9 Å². The number of unbranched alkanes of at least 4 members (excludes halogenated alkanes) is 5. The number of ether oxygens (including phenoxy) is 1. The molecule has 0 saturated heterocycles. The molecule has 0 aliphatic rings. The number of carbonyl (C=O) groups excluding carboxylic acids is 2. The Morgan fingerprint density at radius 3 is 2.43 bits per heavy atom. The van der Waals surface area contributed by atoms with Crippen LogP contribution in [0.15, 0.2) is 30.3 Å². The maximum Gasteiger partial charge on any atom is 0.317 e. The summed E-state index contributed by atoms with van der Waals surface area (Å²) in [5.41, 5.74) is 0.926. The summed E-state index contributed by atoms with van der Waals surface area (Å²) in [7, 11) is 0. The van der Waals surface area contributed by atoms with Gasteiger partial charge in [-0.3, -0.25) is 9.59 Å². The molecule has 1 aromatic carbocycles. The van der Waals surface area contributed by atoms with Gasteiger partial charge in [0.1, 0.15) is 12.5 Å². The fourth-order valence-corrected chi connectivity index (χ4v) is 2.18. The Morgan fingerprint density at radius 2 is 1.76 bits per heavy atom. The average molecular weight is 289 g/mol. The molecule has 3 heteroatoms. The molecule has 1 radical (unpaired) electrons. The lowest BCUT2D eigenvalue weighted by molar-refractivity contribution is -0.147. The van der Waals surface area contributed by atoms with E-state index in [2.05, 4.69) is 6.92 Å². The summed E-state index contributed by atoms with van der Waals surface area (Å²) in [6, 6.07) is 9.47. The van der Waals surface area contributed by atoms with Gasteiger partial charge in [-0.2, -0.15) is 0 Å². The number of rotatable bonds is 11. The summed E-state index contributed by atoms with van der Waals surface area (Å²) >= 11 is 0. The zero-order valence-electron chi connectivity index (χ0n) is 12.8. The minimum absolute atomic E-state index is 0.217. The van der Waals surface area contributed by atoms with E-state index in [4.69, 9.17) is 4.74 Å². The number of hydrogen-bond acceptors (Lipinski definition) is 3. The fraction of sp³-hybridized carbons (Fsp3) is 0.556. The molecule has 0 amide bonds. The highest BCUT2D eigenvalue weighted by molar-refractivity contribution is 5.87. The van der Waals surface area contributed by atoms with Crippen LogP contribution in [0.4, 0.5) is 0 Å². The molecule has 0 heterocycles. The van der Waals surface area contributed by atoms with Crippen molar-refractivity contribution in [3.8, 4) is 0 Å². The predicted molar refractivity (Wildman–Crippen MR) is 83.4 cm³/mol. The van der Waals surface area contributed by atoms with Crippen LogP contribution in [0.1, 0.15) is 57.4 Å². The second-order valence-corrected chi connectivity index (χ2v) is 5.32. The quantitative estimate of drug-likeness (QED) is 0.348. The highest BCUT2D eigenvalue weighted by Crippen LogP contribution is 2.13. The normalized spacial score (nSPS) is 11.9. The molecule has 115 valence electrons. The molecule has 0 aliphatic carbocycles. The monoisotopic (exact) mass is 289 g/mol. The Morgan fingerprint density at radius 1 is 1.10 bits per heavy atom. The predicted octanol–water partition coefficient (Wildman–Crippen LogP) is 4.21. The minimum Gasteiger partial charge on any atom is -0.460 e. The van der Waals surface area contributed by atoms with Crippen molar-refractivity contribution in [2.45, 2.75) is 58.5 Å². The van der Waals surface area contributed by atoms with Crippen molar-refractivity contribution in [1.29, 1.82) is 0 Å². The van der Waals surface area contributed by atoms with Gasteiger partial charge in [-0.1, -0.05) is 75.8 Å². The molecular weight excluding hydrogens is 264 g/mol. The van der Waals surface area contributed by atoms with Crippen LogP contribution in [0.25, 0.3) is 0 Å². The Labute approximate surface area is 127 Å². The maximum atomic E-state index is 11.8. The first-order chi connectivity index (χ1) is 10.3. The Hall–Kier alpha value is -1.64. The minimum atomic E-state index is -0.736. The molecule has 1 aromatic rings. The fourth-order valence-electron chi connectivity index (χ4n) is 2.18. The molecule has 0 spiro atoms. The molecule has 0 N–H and O–H groups in total. The summed E-state index contributed by atoms with van der Waals surface area (Å²) < 4.78 is 5.18. The van der Waals surface area contributed by atoms with E-state index in [0.717, 1.165) is 18.4 Å². The van der Waals surface area contributed by atoms with Gasteiger partial charge >= 0.3 is 5.97 Å². The molecule has 1 rings (SSSR count). The second kappa shape index (κ2) is 11.1.